The molecule has 4 nitrogen and oxygen atoms in total. The molecule has 1 fully saturated rings. The number of hydrogen-bond acceptors (Lipinski definition) is 3. The van der Waals surface area contributed by atoms with Crippen molar-refractivity contribution >= 4 is 31.7 Å². The first-order valence-corrected chi connectivity index (χ1v) is 8.80. The van der Waals surface area contributed by atoms with Gasteiger partial charge in [0.15, 0.2) is 9.84 Å². The van der Waals surface area contributed by atoms with E-state index >= 15 is 0 Å². The zero-order chi connectivity index (χ0) is 13.1. The molecule has 1 aliphatic rings. The van der Waals surface area contributed by atoms with Crippen molar-refractivity contribution in [2.24, 2.45) is 5.92 Å². The number of carbonyl (C=O) groups excluding carboxylic acids is 1. The Morgan fingerprint density at radius 1 is 1.41 bits per heavy atom. The molecule has 0 aromatic rings. The molecular formula is C11H20BrNO3S. The maximum Gasteiger partial charge on any atom is 0.238 e. The molecule has 0 aromatic heterocycles. The number of rotatable bonds is 4. The van der Waals surface area contributed by atoms with Gasteiger partial charge in [-0.05, 0) is 18.8 Å². The number of amides is 1. The highest BCUT2D eigenvalue weighted by molar-refractivity contribution is 9.09. The van der Waals surface area contributed by atoms with Gasteiger partial charge in [-0.1, -0.05) is 36.2 Å². The van der Waals surface area contributed by atoms with Crippen LogP contribution in [0.15, 0.2) is 0 Å². The van der Waals surface area contributed by atoms with E-state index in [9.17, 15) is 13.2 Å². The van der Waals surface area contributed by atoms with Gasteiger partial charge >= 0.3 is 0 Å². The number of halogens is 1. The molecule has 0 saturated carbocycles. The third-order valence-electron chi connectivity index (χ3n) is 3.17. The lowest BCUT2D eigenvalue weighted by Gasteiger charge is -2.26. The third kappa shape index (κ3) is 3.95. The highest BCUT2D eigenvalue weighted by Crippen LogP contribution is 2.20. The van der Waals surface area contributed by atoms with Gasteiger partial charge in [-0.25, -0.2) is 8.42 Å². The van der Waals surface area contributed by atoms with Gasteiger partial charge < -0.3 is 5.32 Å². The molecule has 2 atom stereocenters. The van der Waals surface area contributed by atoms with E-state index in [1.165, 1.54) is 0 Å². The van der Waals surface area contributed by atoms with Crippen molar-refractivity contribution in [3.05, 3.63) is 0 Å². The topological polar surface area (TPSA) is 63.2 Å². The van der Waals surface area contributed by atoms with E-state index in [1.54, 1.807) is 0 Å². The molecule has 17 heavy (non-hydrogen) atoms. The van der Waals surface area contributed by atoms with E-state index in [-0.39, 0.29) is 23.6 Å². The van der Waals surface area contributed by atoms with Gasteiger partial charge in [0.05, 0.1) is 5.75 Å². The lowest BCUT2D eigenvalue weighted by molar-refractivity contribution is -0.121. The second-order valence-corrected chi connectivity index (χ2v) is 7.82. The maximum atomic E-state index is 12.0. The van der Waals surface area contributed by atoms with Crippen molar-refractivity contribution in [1.82, 2.24) is 5.32 Å². The summed E-state index contributed by atoms with van der Waals surface area (Å²) < 4.78 is 23.6. The summed E-state index contributed by atoms with van der Waals surface area (Å²) in [7, 11) is -3.23. The van der Waals surface area contributed by atoms with E-state index < -0.39 is 15.1 Å². The van der Waals surface area contributed by atoms with Crippen LogP contribution < -0.4 is 5.32 Å². The lowest BCUT2D eigenvalue weighted by atomic mass is 10.1. The van der Waals surface area contributed by atoms with Crippen LogP contribution in [0.2, 0.25) is 0 Å². The van der Waals surface area contributed by atoms with Gasteiger partial charge in [-0.2, -0.15) is 0 Å². The van der Waals surface area contributed by atoms with Crippen molar-refractivity contribution in [2.75, 3.05) is 11.1 Å². The van der Waals surface area contributed by atoms with Crippen molar-refractivity contribution in [3.63, 3.8) is 0 Å². The number of alkyl halides is 1. The monoisotopic (exact) mass is 325 g/mol. The first-order chi connectivity index (χ1) is 7.88. The average molecular weight is 326 g/mol. The summed E-state index contributed by atoms with van der Waals surface area (Å²) in [5.74, 6) is 0.0959. The largest absolute Gasteiger partial charge is 0.351 e. The predicted octanol–water partition coefficient (Wildman–Crippen LogP) is 1.49. The molecular weight excluding hydrogens is 306 g/mol. The molecule has 100 valence electrons. The predicted molar refractivity (Wildman–Crippen MR) is 72.0 cm³/mol. The van der Waals surface area contributed by atoms with Crippen molar-refractivity contribution in [1.29, 1.82) is 0 Å². The Bertz CT molecular complexity index is 367. The van der Waals surface area contributed by atoms with Gasteiger partial charge in [0.1, 0.15) is 5.25 Å². The SMILES string of the molecule is CC(C)C(CBr)NC(=O)C1CCCCS1(=O)=O. The normalized spacial score (nSPS) is 25.5. The Morgan fingerprint density at radius 2 is 2.06 bits per heavy atom. The van der Waals surface area contributed by atoms with Crippen LogP contribution in [0.3, 0.4) is 0 Å². The summed E-state index contributed by atoms with van der Waals surface area (Å²) in [6.45, 7) is 4.00. The first kappa shape index (κ1) is 15.0. The molecule has 6 heteroatoms. The number of nitrogens with one attached hydrogen (secondary N) is 1. The molecule has 1 heterocycles. The summed E-state index contributed by atoms with van der Waals surface area (Å²) in [6.07, 6.45) is 1.96. The molecule has 0 spiro atoms. The quantitative estimate of drug-likeness (QED) is 0.796. The molecule has 1 aliphatic heterocycles. The molecule has 0 radical (unpaired) electrons. The standard InChI is InChI=1S/C11H20BrNO3S/c1-8(2)9(7-12)13-11(14)10-5-3-4-6-17(10,15)16/h8-10H,3-7H2,1-2H3,(H,13,14). The molecule has 1 rings (SSSR count). The minimum atomic E-state index is -3.23. The van der Waals surface area contributed by atoms with E-state index in [1.807, 2.05) is 13.8 Å². The summed E-state index contributed by atoms with van der Waals surface area (Å²) in [5.41, 5.74) is 0. The van der Waals surface area contributed by atoms with Gasteiger partial charge in [0, 0.05) is 11.4 Å². The second kappa shape index (κ2) is 6.18. The zero-order valence-electron chi connectivity index (χ0n) is 10.3. The van der Waals surface area contributed by atoms with Crippen LogP contribution >= 0.6 is 15.9 Å². The van der Waals surface area contributed by atoms with Gasteiger partial charge in [-0.3, -0.25) is 4.79 Å². The van der Waals surface area contributed by atoms with Crippen LogP contribution in [0.5, 0.6) is 0 Å². The summed E-state index contributed by atoms with van der Waals surface area (Å²) in [4.78, 5) is 12.0. The van der Waals surface area contributed by atoms with Crippen molar-refractivity contribution in [2.45, 2.75) is 44.4 Å². The third-order valence-corrected chi connectivity index (χ3v) is 6.04. The van der Waals surface area contributed by atoms with E-state index in [2.05, 4.69) is 21.2 Å². The Kier molecular flexibility index (Phi) is 5.44. The number of carbonyl (C=O) groups is 1. The van der Waals surface area contributed by atoms with E-state index in [0.717, 1.165) is 6.42 Å². The lowest BCUT2D eigenvalue weighted by Crippen LogP contribution is -2.48. The minimum Gasteiger partial charge on any atom is -0.351 e. The van der Waals surface area contributed by atoms with E-state index in [4.69, 9.17) is 0 Å². The van der Waals surface area contributed by atoms with Crippen LogP contribution in [0.1, 0.15) is 33.1 Å². The second-order valence-electron chi connectivity index (χ2n) is 4.86. The van der Waals surface area contributed by atoms with Crippen molar-refractivity contribution < 1.29 is 13.2 Å². The van der Waals surface area contributed by atoms with Crippen LogP contribution in [-0.4, -0.2) is 36.7 Å². The number of sulfone groups is 1. The summed E-state index contributed by atoms with van der Waals surface area (Å²) in [6, 6.07) is -0.0142. The Labute approximate surface area is 112 Å². The minimum absolute atomic E-state index is 0.0142. The fraction of sp³-hybridized carbons (Fsp3) is 0.909. The molecule has 1 N–H and O–H groups in total. The van der Waals surface area contributed by atoms with Gasteiger partial charge in [0.2, 0.25) is 5.91 Å². The molecule has 1 saturated heterocycles. The molecule has 0 aliphatic carbocycles. The van der Waals surface area contributed by atoms with Crippen molar-refractivity contribution in [3.8, 4) is 0 Å². The Hall–Kier alpha value is -0.100. The summed E-state index contributed by atoms with van der Waals surface area (Å²) in [5, 5.41) is 2.63. The number of hydrogen-bond donors (Lipinski definition) is 1. The fourth-order valence-corrected chi connectivity index (χ4v) is 4.63. The Morgan fingerprint density at radius 3 is 2.53 bits per heavy atom. The fourth-order valence-electron chi connectivity index (χ4n) is 1.91. The molecule has 0 bridgehead atoms. The van der Waals surface area contributed by atoms with Crippen LogP contribution in [0.25, 0.3) is 0 Å². The first-order valence-electron chi connectivity index (χ1n) is 5.96. The average Bonchev–Trinajstić information content (AvgIpc) is 2.24. The highest BCUT2D eigenvalue weighted by atomic mass is 79.9. The zero-order valence-corrected chi connectivity index (χ0v) is 12.7. The molecule has 2 unspecified atom stereocenters. The summed E-state index contributed by atoms with van der Waals surface area (Å²) >= 11 is 3.33. The van der Waals surface area contributed by atoms with Gasteiger partial charge in [0.25, 0.3) is 0 Å². The Balaban J connectivity index is 2.69. The van der Waals surface area contributed by atoms with E-state index in [0.29, 0.717) is 18.2 Å². The highest BCUT2D eigenvalue weighted by Gasteiger charge is 2.35. The van der Waals surface area contributed by atoms with Gasteiger partial charge in [-0.15, -0.1) is 0 Å². The molecule has 1 amide bonds. The molecule has 0 aromatic carbocycles. The smallest absolute Gasteiger partial charge is 0.238 e. The maximum absolute atomic E-state index is 12.0. The van der Waals surface area contributed by atoms with Crippen LogP contribution in [0, 0.1) is 5.92 Å². The van der Waals surface area contributed by atoms with Crippen LogP contribution in [-0.2, 0) is 14.6 Å². The van der Waals surface area contributed by atoms with Crippen LogP contribution in [0.4, 0.5) is 0 Å².